The third kappa shape index (κ3) is 27.6. The second kappa shape index (κ2) is 42.6. The summed E-state index contributed by atoms with van der Waals surface area (Å²) in [5, 5.41) is 90.4. The number of rotatable bonds is 45. The summed E-state index contributed by atoms with van der Waals surface area (Å²) >= 11 is 0. The summed E-state index contributed by atoms with van der Waals surface area (Å²) in [6.45, 7) is 8.95. The van der Waals surface area contributed by atoms with Crippen molar-refractivity contribution in [1.82, 2.24) is 14.7 Å². The van der Waals surface area contributed by atoms with E-state index in [1.54, 1.807) is 25.7 Å². The van der Waals surface area contributed by atoms with Crippen LogP contribution in [0, 0.1) is 17.8 Å². The van der Waals surface area contributed by atoms with Gasteiger partial charge in [-0.15, -0.1) is 4.52 Å². The number of nitrogens with zero attached hydrogens (tertiary/aromatic N) is 3. The molecular formula is C66H117N3O29P2+2. The number of aliphatic hydroxyl groups excluding tert-OH is 9. The molecule has 0 aliphatic carbocycles. The number of amides is 3. The van der Waals surface area contributed by atoms with Crippen LogP contribution in [-0.4, -0.2) is 306 Å². The van der Waals surface area contributed by atoms with Gasteiger partial charge in [0.05, 0.1) is 108 Å². The zero-order valence-corrected chi connectivity index (χ0v) is 60.8. The highest BCUT2D eigenvalue weighted by Gasteiger charge is 2.52. The van der Waals surface area contributed by atoms with Crippen LogP contribution in [0.2, 0.25) is 0 Å². The van der Waals surface area contributed by atoms with Crippen molar-refractivity contribution in [3.8, 4) is 0 Å². The molecule has 6 saturated heterocycles. The predicted octanol–water partition coefficient (Wildman–Crippen LogP) is 1.07. The Hall–Kier alpha value is -2.64. The SMILES string of the molecule is CC(C)OC[C@@H]1C[C@@H](O[P+](C)(O)OC[C@@H]2C[C@@H](O[P+](O)(O)OC[C@@H]3C[C@@H](O)CN3C(=O)CCCCC(=O)CCCO[C@@H]3OC(CO)[C@H](O)[C@H](O)C3C)CN2C(=O)CCCCC(=O)CCCO[C@@H]2OC[C@H](O)[C@H](O)C2C)CN1C(=O)CCCCC(=O)CCCO[C@@H]1OC(CO)[C@H](O)[C@H](O)C1C. The summed E-state index contributed by atoms with van der Waals surface area (Å²) in [6, 6.07) is -1.97. The van der Waals surface area contributed by atoms with Gasteiger partial charge in [-0.3, -0.25) is 28.8 Å². The van der Waals surface area contributed by atoms with E-state index in [0.29, 0.717) is 64.2 Å². The molecule has 6 fully saturated rings. The van der Waals surface area contributed by atoms with Crippen LogP contribution in [0.3, 0.4) is 0 Å². The maximum absolute atomic E-state index is 14.1. The molecule has 6 aliphatic heterocycles. The summed E-state index contributed by atoms with van der Waals surface area (Å²) in [4.78, 5) is 119. The van der Waals surface area contributed by atoms with Gasteiger partial charge in [0.1, 0.15) is 80.0 Å². The van der Waals surface area contributed by atoms with Crippen LogP contribution in [-0.2, 0) is 80.0 Å². The number of aliphatic hydroxyl groups is 9. The van der Waals surface area contributed by atoms with Gasteiger partial charge in [-0.1, -0.05) is 20.8 Å². The Morgan fingerprint density at radius 1 is 0.470 bits per heavy atom. The van der Waals surface area contributed by atoms with Crippen molar-refractivity contribution in [3.63, 3.8) is 0 Å². The Labute approximate surface area is 587 Å². The summed E-state index contributed by atoms with van der Waals surface area (Å²) in [6.07, 6.45) is -8.84. The van der Waals surface area contributed by atoms with E-state index in [1.165, 1.54) is 16.5 Å². The van der Waals surface area contributed by atoms with E-state index in [2.05, 4.69) is 0 Å². The van der Waals surface area contributed by atoms with Crippen LogP contribution < -0.4 is 0 Å². The van der Waals surface area contributed by atoms with Crippen molar-refractivity contribution in [2.75, 3.05) is 85.8 Å². The highest BCUT2D eigenvalue weighted by Crippen LogP contribution is 2.57. The number of Topliss-reactive ketones (excluding diaryl/α,β-unsaturated/α-hetero) is 3. The first-order valence-corrected chi connectivity index (χ1v) is 39.4. The van der Waals surface area contributed by atoms with Crippen LogP contribution in [0.15, 0.2) is 0 Å². The lowest BCUT2D eigenvalue weighted by molar-refractivity contribution is -0.282. The fourth-order valence-electron chi connectivity index (χ4n) is 13.4. The fourth-order valence-corrected chi connectivity index (χ4v) is 15.6. The molecule has 0 bridgehead atoms. The first-order chi connectivity index (χ1) is 47.4. The molecule has 21 atom stereocenters. The smallest absolute Gasteiger partial charge is 0.394 e. The largest absolute Gasteiger partial charge is 0.570 e. The van der Waals surface area contributed by atoms with Crippen molar-refractivity contribution in [2.45, 2.75) is 280 Å². The standard InChI is InChI=1S/C66H117N3O29P2/c1-40(2)91-36-45-29-51(32-68(45)57(78)23-11-8-18-49(74)21-15-27-90-66-43(5)61(82)63(84)55(35-71)96-66)97-99(6,85)93-37-46-30-52(33-69(46)58(79)24-12-9-17-47(72)19-13-25-88-64-41(3)59(80)53(76)39-92-64)98-100(86,87)94-38-44-28-50(75)31-67(44)56(77)22-10-7-16-48(73)20-14-26-89-65-42(4)60(81)62(83)54(34-70)95-65/h40-46,50-55,59-66,70-71,75-76,80-87H,7-39H2,1-6H3/q+2/t41?,42?,43?,44-,45-,46-,50+,51+,52+,53-,54?,55?,59+,60+,61+,62-,63-,64+,65+,66+,99?/m0/s1. The Morgan fingerprint density at radius 2 is 0.850 bits per heavy atom. The van der Waals surface area contributed by atoms with Crippen LogP contribution in [0.1, 0.15) is 169 Å². The minimum atomic E-state index is -4.68. The average Bonchev–Trinajstić information content (AvgIpc) is 1.12. The lowest BCUT2D eigenvalue weighted by Crippen LogP contribution is -2.55. The second-order valence-corrected chi connectivity index (χ2v) is 31.6. The van der Waals surface area contributed by atoms with Crippen molar-refractivity contribution in [3.05, 3.63) is 0 Å². The van der Waals surface area contributed by atoms with E-state index >= 15 is 0 Å². The number of ketones is 3. The van der Waals surface area contributed by atoms with Gasteiger partial charge < -0.3 is 93.8 Å². The van der Waals surface area contributed by atoms with E-state index in [9.17, 15) is 89.4 Å². The number of carbonyl (C=O) groups excluding carboxylic acids is 6. The third-order valence-electron chi connectivity index (χ3n) is 19.4. The third-order valence-corrected chi connectivity index (χ3v) is 21.8. The van der Waals surface area contributed by atoms with E-state index in [-0.39, 0.29) is 171 Å². The highest BCUT2D eigenvalue weighted by molar-refractivity contribution is 7.59. The molecule has 0 saturated carbocycles. The van der Waals surface area contributed by atoms with Crippen LogP contribution in [0.4, 0.5) is 0 Å². The Kier molecular flexibility index (Phi) is 36.8. The molecule has 6 aliphatic rings. The van der Waals surface area contributed by atoms with Crippen molar-refractivity contribution in [1.29, 1.82) is 0 Å². The molecule has 34 heteroatoms. The lowest BCUT2D eigenvalue weighted by Gasteiger charge is -2.40. The molecule has 32 nitrogen and oxygen atoms in total. The molecule has 3 amide bonds. The monoisotopic (exact) mass is 1480 g/mol. The van der Waals surface area contributed by atoms with Crippen LogP contribution in [0.25, 0.3) is 0 Å². The Balaban J connectivity index is 0.968. The minimum Gasteiger partial charge on any atom is -0.394 e. The van der Waals surface area contributed by atoms with Gasteiger partial charge in [-0.25, -0.2) is 0 Å². The van der Waals surface area contributed by atoms with E-state index in [4.69, 9.17) is 51.3 Å². The normalized spacial score (nSPS) is 32.6. The molecule has 0 aromatic carbocycles. The molecule has 12 N–H and O–H groups in total. The Morgan fingerprint density at radius 3 is 1.30 bits per heavy atom. The lowest BCUT2D eigenvalue weighted by atomic mass is 9.92. The van der Waals surface area contributed by atoms with Crippen LogP contribution >= 0.6 is 16.1 Å². The summed E-state index contributed by atoms with van der Waals surface area (Å²) in [5.74, 6) is -2.61. The van der Waals surface area contributed by atoms with Gasteiger partial charge in [-0.2, -0.15) is 28.3 Å². The first kappa shape index (κ1) is 86.3. The van der Waals surface area contributed by atoms with Crippen molar-refractivity contribution < 1.29 is 141 Å². The van der Waals surface area contributed by atoms with Gasteiger partial charge in [0.2, 0.25) is 17.7 Å². The maximum Gasteiger partial charge on any atom is 0.570 e. The molecule has 100 heavy (non-hydrogen) atoms. The molecule has 6 rings (SSSR count). The van der Waals surface area contributed by atoms with Crippen LogP contribution in [0.5, 0.6) is 0 Å². The van der Waals surface area contributed by atoms with Gasteiger partial charge in [-0.05, 0) is 78.1 Å². The number of likely N-dealkylation sites (tertiary alicyclic amines) is 3. The number of hydrogen-bond acceptors (Lipinski definition) is 29. The summed E-state index contributed by atoms with van der Waals surface area (Å²) < 4.78 is 63.5. The molecule has 0 spiro atoms. The predicted molar refractivity (Wildman–Crippen MR) is 356 cm³/mol. The maximum atomic E-state index is 14.1. The molecule has 0 aromatic heterocycles. The number of unbranched alkanes of at least 4 members (excludes halogenated alkanes) is 3. The molecule has 0 aromatic rings. The number of carbonyl (C=O) groups is 6. The minimum absolute atomic E-state index is 0.00676. The topological polar surface area (TPSA) is 456 Å². The first-order valence-electron chi connectivity index (χ1n) is 35.8. The Bertz CT molecular complexity index is 2490. The average molecular weight is 1480 g/mol. The fraction of sp³-hybridized carbons (Fsp3) is 0.909. The number of hydrogen-bond donors (Lipinski definition) is 12. The van der Waals surface area contributed by atoms with Crippen molar-refractivity contribution in [2.24, 2.45) is 17.8 Å². The zero-order valence-electron chi connectivity index (χ0n) is 59.0. The molecular weight excluding hydrogens is 1360 g/mol. The highest BCUT2D eigenvalue weighted by atomic mass is 31.2. The van der Waals surface area contributed by atoms with Gasteiger partial charge in [0, 0.05) is 94.9 Å². The van der Waals surface area contributed by atoms with E-state index in [1.807, 2.05) is 13.8 Å². The number of ether oxygens (including phenoxy) is 7. The molecule has 6 unspecified atom stereocenters. The molecule has 578 valence electrons. The second-order valence-electron chi connectivity index (χ2n) is 28.1. The van der Waals surface area contributed by atoms with Gasteiger partial charge >= 0.3 is 16.1 Å². The summed E-state index contributed by atoms with van der Waals surface area (Å²) in [7, 11) is -8.40. The van der Waals surface area contributed by atoms with E-state index < -0.39 is 158 Å². The van der Waals surface area contributed by atoms with Crippen molar-refractivity contribution >= 4 is 51.2 Å². The van der Waals surface area contributed by atoms with E-state index in [0.717, 1.165) is 0 Å². The molecule has 6 heterocycles. The number of β-amino-alcohol motifs (C(OH)–C–C–N with tert-alkyl or cyclic N) is 1. The molecule has 0 radical (unpaired) electrons. The quantitative estimate of drug-likeness (QED) is 0.0300. The summed E-state index contributed by atoms with van der Waals surface area (Å²) in [5.41, 5.74) is 0. The van der Waals surface area contributed by atoms with Gasteiger partial charge in [0.15, 0.2) is 18.9 Å². The zero-order chi connectivity index (χ0) is 73.4. The van der Waals surface area contributed by atoms with Gasteiger partial charge in [0.25, 0.3) is 0 Å².